The first kappa shape index (κ1) is 16.7. The van der Waals surface area contributed by atoms with Crippen LogP contribution in [0.4, 0.5) is 0 Å². The second-order valence-corrected chi connectivity index (χ2v) is 7.72. The monoisotopic (exact) mass is 345 g/mol. The predicted octanol–water partition coefficient (Wildman–Crippen LogP) is 2.12. The van der Waals surface area contributed by atoms with Crippen molar-refractivity contribution in [2.75, 3.05) is 7.11 Å². The number of benzene rings is 2. The number of esters is 1. The highest BCUT2D eigenvalue weighted by atomic mass is 32.2. The summed E-state index contributed by atoms with van der Waals surface area (Å²) in [5.41, 5.74) is 2.60. The van der Waals surface area contributed by atoms with Gasteiger partial charge in [0.25, 0.3) is 0 Å². The van der Waals surface area contributed by atoms with Gasteiger partial charge in [-0.2, -0.15) is 4.31 Å². The first-order valence-corrected chi connectivity index (χ1v) is 9.30. The van der Waals surface area contributed by atoms with E-state index in [2.05, 4.69) is 0 Å². The molecule has 0 saturated carbocycles. The number of sulfonamides is 1. The molecule has 0 fully saturated rings. The largest absolute Gasteiger partial charge is 0.468 e. The van der Waals surface area contributed by atoms with Crippen molar-refractivity contribution in [3.63, 3.8) is 0 Å². The molecular formula is C18H19NO4S. The number of ether oxygens (including phenoxy) is 1. The Labute approximate surface area is 141 Å². The van der Waals surface area contributed by atoms with Crippen LogP contribution in [0.15, 0.2) is 54.6 Å². The van der Waals surface area contributed by atoms with Gasteiger partial charge in [0.2, 0.25) is 10.0 Å². The van der Waals surface area contributed by atoms with Gasteiger partial charge in [-0.05, 0) is 16.7 Å². The van der Waals surface area contributed by atoms with Gasteiger partial charge in [-0.15, -0.1) is 0 Å². The summed E-state index contributed by atoms with van der Waals surface area (Å²) in [5.74, 6) is -0.662. The molecule has 0 radical (unpaired) electrons. The van der Waals surface area contributed by atoms with E-state index in [1.54, 1.807) is 24.3 Å². The van der Waals surface area contributed by atoms with E-state index in [4.69, 9.17) is 4.74 Å². The highest BCUT2D eigenvalue weighted by molar-refractivity contribution is 7.88. The summed E-state index contributed by atoms with van der Waals surface area (Å²) in [6, 6.07) is 15.7. The zero-order valence-electron chi connectivity index (χ0n) is 13.4. The molecule has 1 aliphatic heterocycles. The first-order chi connectivity index (χ1) is 11.5. The van der Waals surface area contributed by atoms with Gasteiger partial charge >= 0.3 is 5.97 Å². The Balaban J connectivity index is 1.95. The first-order valence-electron chi connectivity index (χ1n) is 7.69. The average molecular weight is 345 g/mol. The molecule has 1 heterocycles. The zero-order valence-corrected chi connectivity index (χ0v) is 14.2. The van der Waals surface area contributed by atoms with Crippen LogP contribution in [-0.2, 0) is 38.3 Å². The maximum Gasteiger partial charge on any atom is 0.324 e. The SMILES string of the molecule is COC(=O)[C@@H]1Cc2ccccc2CN1S(=O)(=O)Cc1ccccc1. The fourth-order valence-corrected chi connectivity index (χ4v) is 4.66. The van der Waals surface area contributed by atoms with Crippen molar-refractivity contribution in [1.29, 1.82) is 0 Å². The summed E-state index contributed by atoms with van der Waals surface area (Å²) < 4.78 is 31.9. The van der Waals surface area contributed by atoms with Gasteiger partial charge in [-0.3, -0.25) is 4.79 Å². The number of methoxy groups -OCH3 is 1. The lowest BCUT2D eigenvalue weighted by atomic mass is 9.96. The number of hydrogen-bond donors (Lipinski definition) is 0. The van der Waals surface area contributed by atoms with Crippen LogP contribution in [0.1, 0.15) is 16.7 Å². The molecule has 3 rings (SSSR count). The Bertz CT molecular complexity index is 833. The van der Waals surface area contributed by atoms with Crippen molar-refractivity contribution in [2.24, 2.45) is 0 Å². The van der Waals surface area contributed by atoms with Gasteiger partial charge in [0.1, 0.15) is 6.04 Å². The van der Waals surface area contributed by atoms with Crippen molar-refractivity contribution in [3.8, 4) is 0 Å². The molecule has 1 atom stereocenters. The van der Waals surface area contributed by atoms with E-state index in [-0.39, 0.29) is 12.3 Å². The molecule has 6 heteroatoms. The lowest BCUT2D eigenvalue weighted by Crippen LogP contribution is -2.49. The standard InChI is InChI=1S/C18H19NO4S/c1-23-18(20)17-11-15-9-5-6-10-16(15)12-19(17)24(21,22)13-14-7-3-2-4-8-14/h2-10,17H,11-13H2,1H3/t17-/m0/s1. The lowest BCUT2D eigenvalue weighted by molar-refractivity contribution is -0.145. The molecule has 0 unspecified atom stereocenters. The molecular weight excluding hydrogens is 326 g/mol. The summed E-state index contributed by atoms with van der Waals surface area (Å²) in [7, 11) is -2.37. The minimum Gasteiger partial charge on any atom is -0.468 e. The number of carbonyl (C=O) groups is 1. The summed E-state index contributed by atoms with van der Waals surface area (Å²) in [5, 5.41) is 0. The topological polar surface area (TPSA) is 63.7 Å². The molecule has 2 aromatic carbocycles. The van der Waals surface area contributed by atoms with Gasteiger partial charge in [0.05, 0.1) is 12.9 Å². The Hall–Kier alpha value is -2.18. The van der Waals surface area contributed by atoms with Crippen LogP contribution < -0.4 is 0 Å². The highest BCUT2D eigenvalue weighted by Crippen LogP contribution is 2.28. The summed E-state index contributed by atoms with van der Waals surface area (Å²) in [6.07, 6.45) is 0.330. The molecule has 0 aromatic heterocycles. The Kier molecular flexibility index (Phi) is 4.69. The smallest absolute Gasteiger partial charge is 0.324 e. The Morgan fingerprint density at radius 1 is 1.08 bits per heavy atom. The normalized spacial score (nSPS) is 18.0. The Morgan fingerprint density at radius 2 is 1.71 bits per heavy atom. The summed E-state index contributed by atoms with van der Waals surface area (Å²) in [4.78, 5) is 12.2. The van der Waals surface area contributed by atoms with Crippen LogP contribution in [-0.4, -0.2) is 31.8 Å². The zero-order chi connectivity index (χ0) is 17.2. The molecule has 0 aliphatic carbocycles. The molecule has 24 heavy (non-hydrogen) atoms. The van der Waals surface area contributed by atoms with Gasteiger partial charge in [0, 0.05) is 13.0 Å². The molecule has 0 N–H and O–H groups in total. The summed E-state index contributed by atoms with van der Waals surface area (Å²) in [6.45, 7) is 0.186. The van der Waals surface area contributed by atoms with Crippen molar-refractivity contribution in [3.05, 3.63) is 71.3 Å². The Morgan fingerprint density at radius 3 is 2.38 bits per heavy atom. The van der Waals surface area contributed by atoms with E-state index < -0.39 is 22.0 Å². The lowest BCUT2D eigenvalue weighted by Gasteiger charge is -2.34. The number of carbonyl (C=O) groups excluding carboxylic acids is 1. The molecule has 2 aromatic rings. The van der Waals surface area contributed by atoms with Crippen molar-refractivity contribution in [1.82, 2.24) is 4.31 Å². The average Bonchev–Trinajstić information content (AvgIpc) is 2.60. The second kappa shape index (κ2) is 6.75. The van der Waals surface area contributed by atoms with Crippen LogP contribution in [0.2, 0.25) is 0 Å². The molecule has 126 valence electrons. The molecule has 0 amide bonds. The van der Waals surface area contributed by atoms with E-state index in [9.17, 15) is 13.2 Å². The maximum absolute atomic E-state index is 12.9. The van der Waals surface area contributed by atoms with Gasteiger partial charge in [-0.25, -0.2) is 8.42 Å². The van der Waals surface area contributed by atoms with Gasteiger partial charge in [0.15, 0.2) is 0 Å². The minimum absolute atomic E-state index is 0.135. The van der Waals surface area contributed by atoms with Crippen LogP contribution in [0.25, 0.3) is 0 Å². The summed E-state index contributed by atoms with van der Waals surface area (Å²) >= 11 is 0. The van der Waals surface area contributed by atoms with E-state index in [1.807, 2.05) is 30.3 Å². The fourth-order valence-electron chi connectivity index (χ4n) is 3.00. The van der Waals surface area contributed by atoms with Crippen LogP contribution in [0, 0.1) is 0 Å². The van der Waals surface area contributed by atoms with Crippen molar-refractivity contribution < 1.29 is 17.9 Å². The predicted molar refractivity (Wildman–Crippen MR) is 90.6 cm³/mol. The maximum atomic E-state index is 12.9. The number of rotatable bonds is 4. The third-order valence-electron chi connectivity index (χ3n) is 4.23. The van der Waals surface area contributed by atoms with Gasteiger partial charge < -0.3 is 4.74 Å². The van der Waals surface area contributed by atoms with Crippen LogP contribution >= 0.6 is 0 Å². The van der Waals surface area contributed by atoms with E-state index >= 15 is 0 Å². The minimum atomic E-state index is -3.65. The molecule has 0 bridgehead atoms. The quantitative estimate of drug-likeness (QED) is 0.796. The third kappa shape index (κ3) is 3.34. The van der Waals surface area contributed by atoms with E-state index in [0.717, 1.165) is 11.1 Å². The van der Waals surface area contributed by atoms with Crippen molar-refractivity contribution in [2.45, 2.75) is 24.8 Å². The van der Waals surface area contributed by atoms with Gasteiger partial charge in [-0.1, -0.05) is 54.6 Å². The number of nitrogens with zero attached hydrogens (tertiary/aromatic N) is 1. The van der Waals surface area contributed by atoms with E-state index in [0.29, 0.717) is 12.0 Å². The van der Waals surface area contributed by atoms with E-state index in [1.165, 1.54) is 11.4 Å². The highest BCUT2D eigenvalue weighted by Gasteiger charge is 2.39. The number of hydrogen-bond acceptors (Lipinski definition) is 4. The molecule has 5 nitrogen and oxygen atoms in total. The third-order valence-corrected chi connectivity index (χ3v) is 6.02. The number of fused-ring (bicyclic) bond motifs is 1. The fraction of sp³-hybridized carbons (Fsp3) is 0.278. The van der Waals surface area contributed by atoms with Crippen LogP contribution in [0.3, 0.4) is 0 Å². The van der Waals surface area contributed by atoms with Crippen molar-refractivity contribution >= 4 is 16.0 Å². The molecule has 1 aliphatic rings. The molecule has 0 saturated heterocycles. The second-order valence-electron chi connectivity index (χ2n) is 5.80. The van der Waals surface area contributed by atoms with Crippen LogP contribution in [0.5, 0.6) is 0 Å². The molecule has 0 spiro atoms.